The third-order valence-electron chi connectivity index (χ3n) is 1.75. The Morgan fingerprint density at radius 1 is 1.42 bits per heavy atom. The SMILES string of the molecule is CC(C)(C#N)CCCNCCO. The zero-order valence-corrected chi connectivity index (χ0v) is 7.93. The highest BCUT2D eigenvalue weighted by Crippen LogP contribution is 2.19. The molecule has 0 aliphatic carbocycles. The van der Waals surface area contributed by atoms with Crippen molar-refractivity contribution in [2.75, 3.05) is 19.7 Å². The Morgan fingerprint density at radius 2 is 2.08 bits per heavy atom. The van der Waals surface area contributed by atoms with Gasteiger partial charge >= 0.3 is 0 Å². The van der Waals surface area contributed by atoms with E-state index in [1.807, 2.05) is 13.8 Å². The van der Waals surface area contributed by atoms with Crippen LogP contribution in [0, 0.1) is 16.7 Å². The van der Waals surface area contributed by atoms with E-state index >= 15 is 0 Å². The van der Waals surface area contributed by atoms with Gasteiger partial charge in [-0.15, -0.1) is 0 Å². The molecule has 2 N–H and O–H groups in total. The van der Waals surface area contributed by atoms with Crippen molar-refractivity contribution < 1.29 is 5.11 Å². The molecular formula is C9H18N2O. The average molecular weight is 170 g/mol. The van der Waals surface area contributed by atoms with Gasteiger partial charge in [0.1, 0.15) is 0 Å². The molecule has 0 aliphatic heterocycles. The van der Waals surface area contributed by atoms with E-state index in [0.717, 1.165) is 19.4 Å². The topological polar surface area (TPSA) is 56.0 Å². The van der Waals surface area contributed by atoms with Crippen LogP contribution in [-0.2, 0) is 0 Å². The van der Waals surface area contributed by atoms with Crippen molar-refractivity contribution >= 4 is 0 Å². The predicted molar refractivity (Wildman–Crippen MR) is 48.6 cm³/mol. The van der Waals surface area contributed by atoms with E-state index in [4.69, 9.17) is 10.4 Å². The lowest BCUT2D eigenvalue weighted by Gasteiger charge is -2.14. The molecule has 0 spiro atoms. The summed E-state index contributed by atoms with van der Waals surface area (Å²) in [6.07, 6.45) is 1.89. The molecule has 0 amide bonds. The fourth-order valence-corrected chi connectivity index (χ4v) is 0.915. The molecule has 12 heavy (non-hydrogen) atoms. The van der Waals surface area contributed by atoms with Gasteiger partial charge in [0.05, 0.1) is 18.1 Å². The minimum Gasteiger partial charge on any atom is -0.395 e. The second kappa shape index (κ2) is 5.99. The lowest BCUT2D eigenvalue weighted by molar-refractivity contribution is 0.290. The summed E-state index contributed by atoms with van der Waals surface area (Å²) in [5.41, 5.74) is -0.207. The monoisotopic (exact) mass is 170 g/mol. The Balaban J connectivity index is 3.27. The van der Waals surface area contributed by atoms with Crippen LogP contribution in [0.4, 0.5) is 0 Å². The van der Waals surface area contributed by atoms with Crippen molar-refractivity contribution in [2.24, 2.45) is 5.41 Å². The number of hydrogen-bond acceptors (Lipinski definition) is 3. The van der Waals surface area contributed by atoms with Crippen LogP contribution in [0.1, 0.15) is 26.7 Å². The first-order valence-corrected chi connectivity index (χ1v) is 4.35. The number of aliphatic hydroxyl groups excluding tert-OH is 1. The molecular weight excluding hydrogens is 152 g/mol. The lowest BCUT2D eigenvalue weighted by atomic mass is 9.90. The van der Waals surface area contributed by atoms with Crippen LogP contribution in [0.25, 0.3) is 0 Å². The van der Waals surface area contributed by atoms with E-state index in [0.29, 0.717) is 6.54 Å². The molecule has 70 valence electrons. The van der Waals surface area contributed by atoms with Crippen LogP contribution in [-0.4, -0.2) is 24.8 Å². The molecule has 0 radical (unpaired) electrons. The summed E-state index contributed by atoms with van der Waals surface area (Å²) in [5.74, 6) is 0. The summed E-state index contributed by atoms with van der Waals surface area (Å²) < 4.78 is 0. The van der Waals surface area contributed by atoms with Crippen LogP contribution in [0.15, 0.2) is 0 Å². The van der Waals surface area contributed by atoms with Crippen LogP contribution in [0.5, 0.6) is 0 Å². The second-order valence-electron chi connectivity index (χ2n) is 3.57. The van der Waals surface area contributed by atoms with Crippen LogP contribution < -0.4 is 5.32 Å². The maximum Gasteiger partial charge on any atom is 0.0683 e. The third kappa shape index (κ3) is 6.14. The normalized spacial score (nSPS) is 11.2. The first-order valence-electron chi connectivity index (χ1n) is 4.35. The van der Waals surface area contributed by atoms with Crippen LogP contribution in [0.3, 0.4) is 0 Å². The Labute approximate surface area is 74.4 Å². The van der Waals surface area contributed by atoms with Crippen molar-refractivity contribution in [3.8, 4) is 6.07 Å². The molecule has 3 heteroatoms. The zero-order chi connectivity index (χ0) is 9.45. The third-order valence-corrected chi connectivity index (χ3v) is 1.75. The van der Waals surface area contributed by atoms with Gasteiger partial charge in [-0.1, -0.05) is 0 Å². The summed E-state index contributed by atoms with van der Waals surface area (Å²) in [6, 6.07) is 2.26. The highest BCUT2D eigenvalue weighted by atomic mass is 16.3. The van der Waals surface area contributed by atoms with Crippen LogP contribution in [0.2, 0.25) is 0 Å². The number of nitriles is 1. The largest absolute Gasteiger partial charge is 0.395 e. The molecule has 0 aromatic carbocycles. The number of hydrogen-bond donors (Lipinski definition) is 2. The number of nitrogens with one attached hydrogen (secondary N) is 1. The molecule has 0 heterocycles. The summed E-state index contributed by atoms with van der Waals surface area (Å²) in [5, 5.41) is 20.2. The summed E-state index contributed by atoms with van der Waals surface area (Å²) >= 11 is 0. The molecule has 0 unspecified atom stereocenters. The molecule has 0 aromatic heterocycles. The summed E-state index contributed by atoms with van der Waals surface area (Å²) in [6.45, 7) is 5.60. The maximum atomic E-state index is 8.69. The fraction of sp³-hybridized carbons (Fsp3) is 0.889. The first-order chi connectivity index (χ1) is 5.62. The molecule has 0 rings (SSSR count). The van der Waals surface area contributed by atoms with Gasteiger partial charge < -0.3 is 10.4 Å². The second-order valence-corrected chi connectivity index (χ2v) is 3.57. The van der Waals surface area contributed by atoms with Crippen molar-refractivity contribution in [2.45, 2.75) is 26.7 Å². The number of nitrogens with zero attached hydrogens (tertiary/aromatic N) is 1. The quantitative estimate of drug-likeness (QED) is 0.582. The van der Waals surface area contributed by atoms with E-state index in [1.54, 1.807) is 0 Å². The van der Waals surface area contributed by atoms with E-state index < -0.39 is 0 Å². The number of aliphatic hydroxyl groups is 1. The van der Waals surface area contributed by atoms with Gasteiger partial charge in [0.15, 0.2) is 0 Å². The van der Waals surface area contributed by atoms with Crippen molar-refractivity contribution in [1.82, 2.24) is 5.32 Å². The van der Waals surface area contributed by atoms with Gasteiger partial charge in [0, 0.05) is 6.54 Å². The molecule has 0 saturated carbocycles. The van der Waals surface area contributed by atoms with Crippen molar-refractivity contribution in [3.05, 3.63) is 0 Å². The molecule has 0 aliphatic rings. The Morgan fingerprint density at radius 3 is 2.58 bits per heavy atom. The minimum absolute atomic E-state index is 0.182. The van der Waals surface area contributed by atoms with Gasteiger partial charge in [-0.2, -0.15) is 5.26 Å². The van der Waals surface area contributed by atoms with Gasteiger partial charge in [0.2, 0.25) is 0 Å². The van der Waals surface area contributed by atoms with Crippen molar-refractivity contribution in [3.63, 3.8) is 0 Å². The highest BCUT2D eigenvalue weighted by molar-refractivity contribution is 4.91. The number of rotatable bonds is 6. The average Bonchev–Trinajstić information content (AvgIpc) is 2.04. The summed E-state index contributed by atoms with van der Waals surface area (Å²) in [7, 11) is 0. The van der Waals surface area contributed by atoms with E-state index in [2.05, 4.69) is 11.4 Å². The molecule has 3 nitrogen and oxygen atoms in total. The summed E-state index contributed by atoms with van der Waals surface area (Å²) in [4.78, 5) is 0. The molecule has 0 fully saturated rings. The Hall–Kier alpha value is -0.590. The van der Waals surface area contributed by atoms with Gasteiger partial charge in [-0.3, -0.25) is 0 Å². The maximum absolute atomic E-state index is 8.69. The lowest BCUT2D eigenvalue weighted by Crippen LogP contribution is -2.21. The standard InChI is InChI=1S/C9H18N2O/c1-9(2,8-10)4-3-5-11-6-7-12/h11-12H,3-7H2,1-2H3. The molecule has 0 atom stereocenters. The van der Waals surface area contributed by atoms with E-state index in [1.165, 1.54) is 0 Å². The predicted octanol–water partition coefficient (Wildman–Crippen LogP) is 0.898. The molecule has 0 saturated heterocycles. The van der Waals surface area contributed by atoms with E-state index in [-0.39, 0.29) is 12.0 Å². The van der Waals surface area contributed by atoms with Crippen molar-refractivity contribution in [1.29, 1.82) is 5.26 Å². The molecule has 0 bridgehead atoms. The minimum atomic E-state index is -0.207. The Bertz CT molecular complexity index is 149. The Kier molecular flexibility index (Phi) is 5.69. The zero-order valence-electron chi connectivity index (χ0n) is 7.93. The van der Waals surface area contributed by atoms with Gasteiger partial charge in [-0.25, -0.2) is 0 Å². The van der Waals surface area contributed by atoms with Crippen LogP contribution >= 0.6 is 0 Å². The highest BCUT2D eigenvalue weighted by Gasteiger charge is 2.14. The molecule has 0 aromatic rings. The van der Waals surface area contributed by atoms with E-state index in [9.17, 15) is 0 Å². The smallest absolute Gasteiger partial charge is 0.0683 e. The fourth-order valence-electron chi connectivity index (χ4n) is 0.915. The first kappa shape index (κ1) is 11.4. The van der Waals surface area contributed by atoms with Gasteiger partial charge in [0.25, 0.3) is 0 Å². The van der Waals surface area contributed by atoms with Gasteiger partial charge in [-0.05, 0) is 33.2 Å².